The van der Waals surface area contributed by atoms with E-state index in [1.165, 1.54) is 6.92 Å². The number of hydrogen-bond acceptors (Lipinski definition) is 2. The van der Waals surface area contributed by atoms with Crippen molar-refractivity contribution in [3.63, 3.8) is 0 Å². The van der Waals surface area contributed by atoms with Gasteiger partial charge in [-0.25, -0.2) is 4.79 Å². The quantitative estimate of drug-likeness (QED) is 0.766. The number of ether oxygens (including phenoxy) is 1. The Balaban J connectivity index is 0. The lowest BCUT2D eigenvalue weighted by Crippen LogP contribution is -2.50. The highest BCUT2D eigenvalue weighted by atomic mass is 35.5. The van der Waals surface area contributed by atoms with Crippen LogP contribution >= 0.6 is 12.4 Å². The molecule has 0 spiro atoms. The summed E-state index contributed by atoms with van der Waals surface area (Å²) in [5, 5.41) is 7.97. The van der Waals surface area contributed by atoms with Gasteiger partial charge in [0.1, 0.15) is 0 Å². The standard InChI is InChI=1S/C6H8F4O3.ClH/c1-2-3-13-5(7,4(11)12)6(8,9)10;/h2-3H2,1H3,(H,11,12);1H. The van der Waals surface area contributed by atoms with Crippen molar-refractivity contribution >= 4 is 18.4 Å². The van der Waals surface area contributed by atoms with E-state index >= 15 is 0 Å². The molecule has 3 nitrogen and oxygen atoms in total. The molecule has 14 heavy (non-hydrogen) atoms. The van der Waals surface area contributed by atoms with E-state index in [9.17, 15) is 22.4 Å². The summed E-state index contributed by atoms with van der Waals surface area (Å²) in [6.45, 7) is 0.820. The Labute approximate surface area is 83.4 Å². The summed E-state index contributed by atoms with van der Waals surface area (Å²) in [4.78, 5) is 9.95. The van der Waals surface area contributed by atoms with Crippen LogP contribution in [-0.4, -0.2) is 29.7 Å². The zero-order chi connectivity index (χ0) is 10.7. The van der Waals surface area contributed by atoms with Crippen LogP contribution in [-0.2, 0) is 9.53 Å². The van der Waals surface area contributed by atoms with Gasteiger partial charge in [-0.3, -0.25) is 0 Å². The Morgan fingerprint density at radius 2 is 1.79 bits per heavy atom. The summed E-state index contributed by atoms with van der Waals surface area (Å²) in [6.07, 6.45) is -5.47. The second-order valence-electron chi connectivity index (χ2n) is 2.25. The largest absolute Gasteiger partial charge is 0.477 e. The maximum Gasteiger partial charge on any atom is 0.460 e. The molecule has 0 rings (SSSR count). The van der Waals surface area contributed by atoms with Crippen LogP contribution in [0.25, 0.3) is 0 Å². The van der Waals surface area contributed by atoms with Gasteiger partial charge in [-0.05, 0) is 6.42 Å². The van der Waals surface area contributed by atoms with Gasteiger partial charge in [0.2, 0.25) is 0 Å². The maximum atomic E-state index is 12.7. The van der Waals surface area contributed by atoms with E-state index in [1.807, 2.05) is 0 Å². The molecule has 0 bridgehead atoms. The number of rotatable bonds is 4. The van der Waals surface area contributed by atoms with E-state index in [0.717, 1.165) is 0 Å². The zero-order valence-electron chi connectivity index (χ0n) is 7.10. The average Bonchev–Trinajstić information content (AvgIpc) is 1.97. The fraction of sp³-hybridized carbons (Fsp3) is 0.833. The topological polar surface area (TPSA) is 46.5 Å². The molecule has 0 aliphatic heterocycles. The molecule has 0 aromatic rings. The van der Waals surface area contributed by atoms with E-state index in [2.05, 4.69) is 4.74 Å². The van der Waals surface area contributed by atoms with E-state index in [1.54, 1.807) is 0 Å². The zero-order valence-corrected chi connectivity index (χ0v) is 7.91. The number of aliphatic carboxylic acids is 1. The van der Waals surface area contributed by atoms with Crippen molar-refractivity contribution in [2.45, 2.75) is 25.4 Å². The molecule has 0 aromatic carbocycles. The molecule has 0 saturated heterocycles. The molecule has 0 radical (unpaired) electrons. The Bertz CT molecular complexity index is 196. The first kappa shape index (κ1) is 15.9. The third-order valence-corrected chi connectivity index (χ3v) is 1.14. The van der Waals surface area contributed by atoms with Crippen LogP contribution in [0.15, 0.2) is 0 Å². The summed E-state index contributed by atoms with van der Waals surface area (Å²) in [5.41, 5.74) is 0. The highest BCUT2D eigenvalue weighted by Gasteiger charge is 2.64. The van der Waals surface area contributed by atoms with Gasteiger partial charge in [0.05, 0.1) is 6.61 Å². The molecule has 0 aliphatic carbocycles. The van der Waals surface area contributed by atoms with Crippen molar-refractivity contribution in [1.29, 1.82) is 0 Å². The van der Waals surface area contributed by atoms with Gasteiger partial charge in [-0.2, -0.15) is 17.6 Å². The van der Waals surface area contributed by atoms with Gasteiger partial charge in [0.15, 0.2) is 0 Å². The molecular weight excluding hydrogens is 232 g/mol. The molecule has 0 heterocycles. The summed E-state index contributed by atoms with van der Waals surface area (Å²) < 4.78 is 51.7. The van der Waals surface area contributed by atoms with E-state index in [4.69, 9.17) is 5.11 Å². The molecule has 0 aliphatic rings. The number of halogens is 5. The highest BCUT2D eigenvalue weighted by molar-refractivity contribution is 5.85. The molecule has 0 fully saturated rings. The van der Waals surface area contributed by atoms with Crippen molar-refractivity contribution in [2.24, 2.45) is 0 Å². The van der Waals surface area contributed by atoms with Gasteiger partial charge in [0, 0.05) is 0 Å². The van der Waals surface area contributed by atoms with Crippen LogP contribution in [0.5, 0.6) is 0 Å². The highest BCUT2D eigenvalue weighted by Crippen LogP contribution is 2.35. The molecular formula is C6H9ClF4O3. The lowest BCUT2D eigenvalue weighted by Gasteiger charge is -2.22. The van der Waals surface area contributed by atoms with E-state index in [0.29, 0.717) is 0 Å². The first-order valence-corrected chi connectivity index (χ1v) is 3.38. The number of alkyl halides is 4. The molecule has 8 heteroatoms. The third-order valence-electron chi connectivity index (χ3n) is 1.14. The van der Waals surface area contributed by atoms with Crippen LogP contribution in [0.4, 0.5) is 17.6 Å². The van der Waals surface area contributed by atoms with Crippen molar-refractivity contribution in [1.82, 2.24) is 0 Å². The number of carboxylic acid groups (broad SMARTS) is 1. The second kappa shape index (κ2) is 5.35. The number of carboxylic acids is 1. The smallest absolute Gasteiger partial charge is 0.460 e. The first-order valence-electron chi connectivity index (χ1n) is 3.38. The Morgan fingerprint density at radius 3 is 2.00 bits per heavy atom. The Kier molecular flexibility index (Phi) is 6.08. The van der Waals surface area contributed by atoms with Crippen LogP contribution in [0.2, 0.25) is 0 Å². The summed E-state index contributed by atoms with van der Waals surface area (Å²) in [5.74, 6) is -7.28. The third kappa shape index (κ3) is 3.30. The van der Waals surface area contributed by atoms with Gasteiger partial charge < -0.3 is 9.84 Å². The molecule has 1 atom stereocenters. The number of carbonyl (C=O) groups is 1. The minimum absolute atomic E-state index is 0. The average molecular weight is 241 g/mol. The van der Waals surface area contributed by atoms with E-state index < -0.39 is 24.6 Å². The van der Waals surface area contributed by atoms with Crippen LogP contribution < -0.4 is 0 Å². The van der Waals surface area contributed by atoms with Gasteiger partial charge in [-0.1, -0.05) is 6.92 Å². The SMILES string of the molecule is CCCOC(F)(C(=O)O)C(F)(F)F.Cl. The first-order chi connectivity index (χ1) is 5.75. The lowest BCUT2D eigenvalue weighted by atomic mass is 10.3. The molecule has 1 unspecified atom stereocenters. The number of hydrogen-bond donors (Lipinski definition) is 1. The monoisotopic (exact) mass is 240 g/mol. The minimum atomic E-state index is -5.56. The van der Waals surface area contributed by atoms with Crippen LogP contribution in [0.1, 0.15) is 13.3 Å². The Hall–Kier alpha value is -0.560. The molecule has 0 saturated carbocycles. The predicted molar refractivity (Wildman–Crippen MR) is 41.0 cm³/mol. The van der Waals surface area contributed by atoms with Crippen molar-refractivity contribution in [3.05, 3.63) is 0 Å². The Morgan fingerprint density at radius 1 is 1.36 bits per heavy atom. The van der Waals surface area contributed by atoms with Crippen molar-refractivity contribution in [2.75, 3.05) is 6.61 Å². The summed E-state index contributed by atoms with van der Waals surface area (Å²) in [7, 11) is 0. The maximum absolute atomic E-state index is 12.7. The van der Waals surface area contributed by atoms with Gasteiger partial charge >= 0.3 is 18.0 Å². The molecule has 86 valence electrons. The second-order valence-corrected chi connectivity index (χ2v) is 2.25. The fourth-order valence-electron chi connectivity index (χ4n) is 0.508. The molecule has 1 N–H and O–H groups in total. The van der Waals surface area contributed by atoms with Crippen LogP contribution in [0.3, 0.4) is 0 Å². The van der Waals surface area contributed by atoms with E-state index in [-0.39, 0.29) is 18.8 Å². The van der Waals surface area contributed by atoms with Gasteiger partial charge in [0.25, 0.3) is 0 Å². The minimum Gasteiger partial charge on any atom is -0.477 e. The summed E-state index contributed by atoms with van der Waals surface area (Å²) in [6, 6.07) is 0. The lowest BCUT2D eigenvalue weighted by molar-refractivity contribution is -0.322. The van der Waals surface area contributed by atoms with Gasteiger partial charge in [-0.15, -0.1) is 12.4 Å². The van der Waals surface area contributed by atoms with Crippen molar-refractivity contribution in [3.8, 4) is 0 Å². The predicted octanol–water partition coefficient (Wildman–Crippen LogP) is 2.15. The molecule has 0 amide bonds. The fourth-order valence-corrected chi connectivity index (χ4v) is 0.508. The summed E-state index contributed by atoms with van der Waals surface area (Å²) >= 11 is 0. The normalized spacial score (nSPS) is 15.5. The molecule has 0 aromatic heterocycles. The van der Waals surface area contributed by atoms with Crippen molar-refractivity contribution < 1.29 is 32.2 Å². The van der Waals surface area contributed by atoms with Crippen LogP contribution in [0, 0.1) is 0 Å².